The van der Waals surface area contributed by atoms with Crippen LogP contribution in [0.25, 0.3) is 0 Å². The number of urea groups is 1. The van der Waals surface area contributed by atoms with Gasteiger partial charge in [-0.3, -0.25) is 4.79 Å². The van der Waals surface area contributed by atoms with Gasteiger partial charge in [0.1, 0.15) is 10.0 Å². The van der Waals surface area contributed by atoms with Crippen molar-refractivity contribution in [2.45, 2.75) is 50.6 Å². The Labute approximate surface area is 152 Å². The number of nitrogens with two attached hydrogens (primary N) is 2. The summed E-state index contributed by atoms with van der Waals surface area (Å²) < 4.78 is 0. The first-order valence-corrected chi connectivity index (χ1v) is 8.37. The first-order valence-electron chi connectivity index (χ1n) is 7.56. The molecule has 0 aliphatic rings. The van der Waals surface area contributed by atoms with Gasteiger partial charge >= 0.3 is 12.0 Å². The predicted molar refractivity (Wildman–Crippen MR) is 89.8 cm³/mol. The number of nitrogens with zero attached hydrogens (tertiary/aromatic N) is 2. The van der Waals surface area contributed by atoms with E-state index in [-0.39, 0.29) is 11.4 Å². The minimum absolute atomic E-state index is 0.203. The van der Waals surface area contributed by atoms with Crippen molar-refractivity contribution >= 4 is 29.2 Å². The molecule has 12 nitrogen and oxygen atoms in total. The van der Waals surface area contributed by atoms with E-state index in [1.165, 1.54) is 13.8 Å². The molecule has 0 radical (unpaired) electrons. The van der Waals surface area contributed by atoms with Crippen molar-refractivity contribution in [2.24, 2.45) is 11.5 Å². The van der Waals surface area contributed by atoms with Crippen LogP contribution in [0.5, 0.6) is 0 Å². The average Bonchev–Trinajstić information content (AvgIpc) is 2.99. The highest BCUT2D eigenvalue weighted by Crippen LogP contribution is 2.25. The number of aliphatic carboxylic acids is 1. The largest absolute Gasteiger partial charge is 0.480 e. The number of hydrogen-bond acceptors (Lipinski definition) is 9. The lowest BCUT2D eigenvalue weighted by molar-refractivity contribution is -0.141. The number of amides is 3. The lowest BCUT2D eigenvalue weighted by Gasteiger charge is -2.20. The predicted octanol–water partition coefficient (Wildman–Crippen LogP) is -2.03. The molecule has 5 atom stereocenters. The molecule has 0 fully saturated rings. The first-order chi connectivity index (χ1) is 12.0. The van der Waals surface area contributed by atoms with Gasteiger partial charge in [-0.25, -0.2) is 9.59 Å². The number of carboxylic acid groups (broad SMARTS) is 1. The number of rotatable bonds is 9. The van der Waals surface area contributed by atoms with Crippen molar-refractivity contribution in [3.8, 4) is 0 Å². The number of nitrogens with one attached hydrogen (secondary N) is 2. The smallest absolute Gasteiger partial charge is 0.328 e. The van der Waals surface area contributed by atoms with Gasteiger partial charge in [0.05, 0.1) is 30.7 Å². The van der Waals surface area contributed by atoms with E-state index in [0.29, 0.717) is 5.01 Å². The lowest BCUT2D eigenvalue weighted by Crippen LogP contribution is -2.51. The fraction of sp³-hybridized carbons (Fsp3) is 0.615. The zero-order chi connectivity index (χ0) is 20.0. The molecule has 13 heteroatoms. The molecule has 0 bridgehead atoms. The molecule has 1 rings (SSSR count). The van der Waals surface area contributed by atoms with Gasteiger partial charge in [0, 0.05) is 0 Å². The normalized spacial score (nSPS) is 16.8. The van der Waals surface area contributed by atoms with Crippen LogP contribution in [0.2, 0.25) is 0 Å². The highest BCUT2D eigenvalue weighted by molar-refractivity contribution is 7.11. The van der Waals surface area contributed by atoms with Crippen LogP contribution in [-0.4, -0.2) is 61.7 Å². The maximum Gasteiger partial charge on any atom is 0.328 e. The molecule has 1 heterocycles. The van der Waals surface area contributed by atoms with E-state index in [0.717, 1.165) is 11.3 Å². The van der Waals surface area contributed by atoms with E-state index in [9.17, 15) is 24.6 Å². The second-order valence-corrected chi connectivity index (χ2v) is 6.68. The molecule has 0 spiro atoms. The van der Waals surface area contributed by atoms with Crippen LogP contribution >= 0.6 is 11.3 Å². The van der Waals surface area contributed by atoms with Gasteiger partial charge in [0.15, 0.2) is 6.04 Å². The number of aliphatic hydroxyl groups excluding tert-OH is 2. The molecule has 3 amide bonds. The van der Waals surface area contributed by atoms with Crippen molar-refractivity contribution in [3.05, 3.63) is 10.0 Å². The van der Waals surface area contributed by atoms with Gasteiger partial charge in [-0.15, -0.1) is 10.2 Å². The zero-order valence-electron chi connectivity index (χ0n) is 14.1. The third-order valence-electron chi connectivity index (χ3n) is 3.30. The van der Waals surface area contributed by atoms with Crippen LogP contribution < -0.4 is 22.1 Å². The SMILES string of the molecule is CC(O)C(NC(=O)NC(CC(N)=O)c1nnc(C(N)C(C)O)s1)C(=O)O. The van der Waals surface area contributed by atoms with E-state index in [1.807, 2.05) is 0 Å². The molecular formula is C13H22N6O6S. The van der Waals surface area contributed by atoms with Crippen molar-refractivity contribution in [1.82, 2.24) is 20.8 Å². The lowest BCUT2D eigenvalue weighted by atomic mass is 10.2. The Morgan fingerprint density at radius 3 is 2.15 bits per heavy atom. The summed E-state index contributed by atoms with van der Waals surface area (Å²) in [5, 5.41) is 40.4. The van der Waals surface area contributed by atoms with E-state index in [2.05, 4.69) is 20.8 Å². The summed E-state index contributed by atoms with van der Waals surface area (Å²) >= 11 is 0.970. The number of hydrogen-bond donors (Lipinski definition) is 7. The Hall–Kier alpha value is -2.35. The van der Waals surface area contributed by atoms with E-state index >= 15 is 0 Å². The summed E-state index contributed by atoms with van der Waals surface area (Å²) in [6, 6.07) is -4.27. The molecule has 1 aromatic rings. The van der Waals surface area contributed by atoms with Crippen LogP contribution in [0.1, 0.15) is 42.4 Å². The topological polar surface area (TPSA) is 214 Å². The zero-order valence-corrected chi connectivity index (χ0v) is 14.9. The van der Waals surface area contributed by atoms with Gasteiger partial charge in [-0.05, 0) is 13.8 Å². The fourth-order valence-electron chi connectivity index (χ4n) is 1.86. The molecule has 1 aromatic heterocycles. The Kier molecular flexibility index (Phi) is 7.82. The maximum absolute atomic E-state index is 12.0. The van der Waals surface area contributed by atoms with Crippen molar-refractivity contribution in [1.29, 1.82) is 0 Å². The van der Waals surface area contributed by atoms with Crippen LogP contribution in [0.15, 0.2) is 0 Å². The number of carbonyl (C=O) groups is 3. The van der Waals surface area contributed by atoms with Crippen LogP contribution in [0.3, 0.4) is 0 Å². The standard InChI is InChI=1S/C13H22N6O6S/c1-4(20)8(15)11-19-18-10(26-11)6(3-7(14)22)16-13(25)17-9(5(2)21)12(23)24/h4-6,8-9,20-21H,3,15H2,1-2H3,(H2,14,22)(H,23,24)(H2,16,17,25). The average molecular weight is 390 g/mol. The molecule has 146 valence electrons. The minimum Gasteiger partial charge on any atom is -0.480 e. The van der Waals surface area contributed by atoms with Crippen molar-refractivity contribution in [3.63, 3.8) is 0 Å². The van der Waals surface area contributed by atoms with Gasteiger partial charge in [-0.1, -0.05) is 11.3 Å². The van der Waals surface area contributed by atoms with Crippen molar-refractivity contribution < 1.29 is 29.7 Å². The van der Waals surface area contributed by atoms with Crippen LogP contribution in [0, 0.1) is 0 Å². The third kappa shape index (κ3) is 6.18. The molecule has 0 saturated heterocycles. The summed E-state index contributed by atoms with van der Waals surface area (Å²) in [4.78, 5) is 34.3. The van der Waals surface area contributed by atoms with Crippen molar-refractivity contribution in [2.75, 3.05) is 0 Å². The Balaban J connectivity index is 2.92. The quantitative estimate of drug-likeness (QED) is 0.247. The monoisotopic (exact) mass is 390 g/mol. The van der Waals surface area contributed by atoms with Gasteiger partial charge in [-0.2, -0.15) is 0 Å². The Morgan fingerprint density at radius 2 is 1.69 bits per heavy atom. The summed E-state index contributed by atoms with van der Waals surface area (Å²) in [6.07, 6.45) is -2.55. The van der Waals surface area contributed by atoms with Crippen LogP contribution in [0.4, 0.5) is 4.79 Å². The maximum atomic E-state index is 12.0. The van der Waals surface area contributed by atoms with Gasteiger partial charge in [0.25, 0.3) is 0 Å². The van der Waals surface area contributed by atoms with Gasteiger partial charge < -0.3 is 37.4 Å². The minimum atomic E-state index is -1.54. The summed E-state index contributed by atoms with van der Waals surface area (Å²) in [7, 11) is 0. The number of carbonyl (C=O) groups excluding carboxylic acids is 2. The molecule has 0 aliphatic carbocycles. The second-order valence-electron chi connectivity index (χ2n) is 5.64. The highest BCUT2D eigenvalue weighted by Gasteiger charge is 2.28. The van der Waals surface area contributed by atoms with E-state index in [4.69, 9.17) is 16.6 Å². The summed E-state index contributed by atoms with van der Waals surface area (Å²) in [6.45, 7) is 2.68. The van der Waals surface area contributed by atoms with E-state index < -0.39 is 48.2 Å². The van der Waals surface area contributed by atoms with Gasteiger partial charge in [0.2, 0.25) is 5.91 Å². The summed E-state index contributed by atoms with van der Waals surface area (Å²) in [5.41, 5.74) is 10.9. The fourth-order valence-corrected chi connectivity index (χ4v) is 2.85. The molecule has 0 aliphatic heterocycles. The highest BCUT2D eigenvalue weighted by atomic mass is 32.1. The molecular weight excluding hydrogens is 368 g/mol. The number of primary amides is 1. The van der Waals surface area contributed by atoms with E-state index in [1.54, 1.807) is 0 Å². The molecule has 0 saturated carbocycles. The first kappa shape index (κ1) is 21.7. The Morgan fingerprint density at radius 1 is 1.12 bits per heavy atom. The number of aliphatic hydroxyl groups is 2. The number of carboxylic acids is 1. The van der Waals surface area contributed by atoms with Crippen LogP contribution in [-0.2, 0) is 9.59 Å². The molecule has 0 aromatic carbocycles. The third-order valence-corrected chi connectivity index (χ3v) is 4.44. The number of aromatic nitrogens is 2. The summed E-state index contributed by atoms with van der Waals surface area (Å²) in [5.74, 6) is -2.17. The molecule has 26 heavy (non-hydrogen) atoms. The Bertz CT molecular complexity index is 651. The molecule has 5 unspecified atom stereocenters. The molecule has 9 N–H and O–H groups in total. The second kappa shape index (κ2) is 9.38.